The van der Waals surface area contributed by atoms with Crippen LogP contribution in [-0.2, 0) is 21.2 Å². The van der Waals surface area contributed by atoms with Crippen LogP contribution in [0.5, 0.6) is 0 Å². The van der Waals surface area contributed by atoms with E-state index in [1.807, 2.05) is 28.8 Å². The number of nitrogens with zero attached hydrogens (tertiary/aromatic N) is 4. The van der Waals surface area contributed by atoms with Crippen molar-refractivity contribution in [1.82, 2.24) is 24.4 Å². The average molecular weight is 607 g/mol. The van der Waals surface area contributed by atoms with Gasteiger partial charge in [0.15, 0.2) is 10.9 Å². The summed E-state index contributed by atoms with van der Waals surface area (Å²) in [5, 5.41) is 11.9. The maximum absolute atomic E-state index is 12.9. The minimum atomic E-state index is -3.54. The fourth-order valence-corrected chi connectivity index (χ4v) is 6.68. The van der Waals surface area contributed by atoms with Crippen molar-refractivity contribution >= 4 is 49.4 Å². The van der Waals surface area contributed by atoms with Crippen molar-refractivity contribution in [3.63, 3.8) is 0 Å². The van der Waals surface area contributed by atoms with E-state index in [4.69, 9.17) is 0 Å². The molecule has 37 heavy (non-hydrogen) atoms. The summed E-state index contributed by atoms with van der Waals surface area (Å²) in [5.41, 5.74) is 1.28. The molecule has 0 spiro atoms. The number of amides is 1. The van der Waals surface area contributed by atoms with Crippen molar-refractivity contribution in [2.24, 2.45) is 0 Å². The molecule has 1 aliphatic rings. The summed E-state index contributed by atoms with van der Waals surface area (Å²) in [5.74, 6) is 0.512. The molecule has 12 heteroatoms. The number of benzene rings is 2. The number of carbonyl (C=O) groups is 2. The van der Waals surface area contributed by atoms with Crippen LogP contribution in [0.1, 0.15) is 42.4 Å². The van der Waals surface area contributed by atoms with Crippen molar-refractivity contribution in [2.75, 3.05) is 25.4 Å². The van der Waals surface area contributed by atoms with E-state index >= 15 is 0 Å². The largest absolute Gasteiger partial charge is 0.356 e. The summed E-state index contributed by atoms with van der Waals surface area (Å²) < 4.78 is 30.1. The van der Waals surface area contributed by atoms with Crippen LogP contribution >= 0.6 is 27.7 Å². The molecule has 1 amide bonds. The number of aromatic nitrogens is 3. The summed E-state index contributed by atoms with van der Waals surface area (Å²) in [6.45, 7) is 2.94. The second-order valence-electron chi connectivity index (χ2n) is 8.64. The van der Waals surface area contributed by atoms with E-state index in [0.29, 0.717) is 42.6 Å². The van der Waals surface area contributed by atoms with E-state index in [1.165, 1.54) is 35.1 Å². The molecule has 1 N–H and O–H groups in total. The monoisotopic (exact) mass is 605 g/mol. The molecule has 196 valence electrons. The number of sulfonamides is 1. The molecule has 1 aliphatic heterocycles. The fourth-order valence-electron chi connectivity index (χ4n) is 4.04. The molecule has 1 saturated heterocycles. The number of piperidine rings is 1. The second kappa shape index (κ2) is 12.3. The SMILES string of the molecule is CC(=O)NCCc1nnc(SCC(=O)c2ccc(S(=O)(=O)N3CCCCC3)cc2)n1-c1ccc(Br)cc1. The Hall–Kier alpha value is -2.54. The summed E-state index contributed by atoms with van der Waals surface area (Å²) in [7, 11) is -3.54. The quantitative estimate of drug-likeness (QED) is 0.276. The first-order valence-corrected chi connectivity index (χ1v) is 15.2. The molecule has 4 rings (SSSR count). The van der Waals surface area contributed by atoms with Gasteiger partial charge in [-0.1, -0.05) is 46.2 Å². The van der Waals surface area contributed by atoms with Crippen LogP contribution in [0.2, 0.25) is 0 Å². The van der Waals surface area contributed by atoms with Crippen LogP contribution in [0.3, 0.4) is 0 Å². The number of thioether (sulfide) groups is 1. The van der Waals surface area contributed by atoms with E-state index < -0.39 is 10.0 Å². The molecule has 2 heterocycles. The minimum absolute atomic E-state index is 0.110. The van der Waals surface area contributed by atoms with Crippen LogP contribution in [0.4, 0.5) is 0 Å². The van der Waals surface area contributed by atoms with E-state index in [2.05, 4.69) is 31.4 Å². The fraction of sp³-hybridized carbons (Fsp3) is 0.360. The van der Waals surface area contributed by atoms with Gasteiger partial charge < -0.3 is 5.32 Å². The number of hydrogen-bond acceptors (Lipinski definition) is 7. The topological polar surface area (TPSA) is 114 Å². The Bertz CT molecular complexity index is 1350. The van der Waals surface area contributed by atoms with Crippen molar-refractivity contribution < 1.29 is 18.0 Å². The van der Waals surface area contributed by atoms with Crippen molar-refractivity contribution in [2.45, 2.75) is 42.7 Å². The van der Waals surface area contributed by atoms with Crippen molar-refractivity contribution in [3.8, 4) is 5.69 Å². The molecule has 0 unspecified atom stereocenters. The number of Topliss-reactive ketones (excluding diaryl/α,β-unsaturated/α-hetero) is 1. The van der Waals surface area contributed by atoms with Gasteiger partial charge in [0, 0.05) is 48.7 Å². The Morgan fingerprint density at radius 1 is 1.00 bits per heavy atom. The van der Waals surface area contributed by atoms with Gasteiger partial charge in [0.2, 0.25) is 15.9 Å². The Labute approximate surface area is 229 Å². The van der Waals surface area contributed by atoms with Gasteiger partial charge in [-0.3, -0.25) is 14.2 Å². The van der Waals surface area contributed by atoms with E-state index in [-0.39, 0.29) is 22.3 Å². The van der Waals surface area contributed by atoms with Gasteiger partial charge >= 0.3 is 0 Å². The Morgan fingerprint density at radius 2 is 1.68 bits per heavy atom. The predicted octanol–water partition coefficient (Wildman–Crippen LogP) is 3.86. The van der Waals surface area contributed by atoms with Gasteiger partial charge in [0.1, 0.15) is 5.82 Å². The lowest BCUT2D eigenvalue weighted by Crippen LogP contribution is -2.35. The highest BCUT2D eigenvalue weighted by Gasteiger charge is 2.26. The first-order valence-electron chi connectivity index (χ1n) is 12.0. The summed E-state index contributed by atoms with van der Waals surface area (Å²) >= 11 is 4.70. The standard InChI is InChI=1S/C25H28BrN5O4S2/c1-18(32)27-14-13-24-28-29-25(31(24)21-9-7-20(26)8-10-21)36-17-23(33)19-5-11-22(12-6-19)37(34,35)30-15-3-2-4-16-30/h5-12H,2-4,13-17H2,1H3,(H,27,32). The zero-order valence-electron chi connectivity index (χ0n) is 20.4. The van der Waals surface area contributed by atoms with Crippen LogP contribution in [0.15, 0.2) is 63.1 Å². The Morgan fingerprint density at radius 3 is 2.32 bits per heavy atom. The average Bonchev–Trinajstić information content (AvgIpc) is 3.30. The lowest BCUT2D eigenvalue weighted by Gasteiger charge is -2.25. The molecular weight excluding hydrogens is 578 g/mol. The van der Waals surface area contributed by atoms with Gasteiger partial charge in [-0.15, -0.1) is 10.2 Å². The lowest BCUT2D eigenvalue weighted by molar-refractivity contribution is -0.118. The summed E-state index contributed by atoms with van der Waals surface area (Å²) in [6, 6.07) is 13.8. The number of hydrogen-bond donors (Lipinski definition) is 1. The van der Waals surface area contributed by atoms with Crippen LogP contribution < -0.4 is 5.32 Å². The molecule has 0 saturated carbocycles. The molecule has 0 atom stereocenters. The maximum Gasteiger partial charge on any atom is 0.243 e. The molecule has 1 aromatic heterocycles. The zero-order chi connectivity index (χ0) is 26.4. The molecule has 2 aromatic carbocycles. The number of carbonyl (C=O) groups excluding carboxylic acids is 2. The van der Waals surface area contributed by atoms with Gasteiger partial charge in [-0.25, -0.2) is 8.42 Å². The Kier molecular flexibility index (Phi) is 9.17. The highest BCUT2D eigenvalue weighted by Crippen LogP contribution is 2.25. The normalized spacial score (nSPS) is 14.4. The minimum Gasteiger partial charge on any atom is -0.356 e. The maximum atomic E-state index is 12.9. The molecule has 0 aliphatic carbocycles. The third kappa shape index (κ3) is 6.86. The van der Waals surface area contributed by atoms with Crippen molar-refractivity contribution in [3.05, 3.63) is 64.4 Å². The highest BCUT2D eigenvalue weighted by atomic mass is 79.9. The number of rotatable bonds is 10. The predicted molar refractivity (Wildman–Crippen MR) is 146 cm³/mol. The number of halogens is 1. The highest BCUT2D eigenvalue weighted by molar-refractivity contribution is 9.10. The van der Waals surface area contributed by atoms with Crippen molar-refractivity contribution in [1.29, 1.82) is 0 Å². The van der Waals surface area contributed by atoms with Crippen LogP contribution in [0.25, 0.3) is 5.69 Å². The molecule has 0 bridgehead atoms. The molecular formula is C25H28BrN5O4S2. The molecule has 9 nitrogen and oxygen atoms in total. The first kappa shape index (κ1) is 27.5. The third-order valence-corrected chi connectivity index (χ3v) is 9.34. The molecule has 0 radical (unpaired) electrons. The van der Waals surface area contributed by atoms with E-state index in [9.17, 15) is 18.0 Å². The first-order chi connectivity index (χ1) is 17.8. The van der Waals surface area contributed by atoms with E-state index in [1.54, 1.807) is 12.1 Å². The molecule has 1 fully saturated rings. The van der Waals surface area contributed by atoms with Crippen LogP contribution in [0, 0.1) is 0 Å². The van der Waals surface area contributed by atoms with Crippen LogP contribution in [-0.4, -0.2) is 64.6 Å². The third-order valence-electron chi connectivity index (χ3n) is 5.97. The zero-order valence-corrected chi connectivity index (χ0v) is 23.6. The van der Waals surface area contributed by atoms with Gasteiger partial charge in [0.25, 0.3) is 0 Å². The number of ketones is 1. The van der Waals surface area contributed by atoms with Gasteiger partial charge in [-0.05, 0) is 49.2 Å². The van der Waals surface area contributed by atoms with Gasteiger partial charge in [0.05, 0.1) is 10.6 Å². The second-order valence-corrected chi connectivity index (χ2v) is 12.4. The summed E-state index contributed by atoms with van der Waals surface area (Å²) in [6.07, 6.45) is 3.26. The molecule has 3 aromatic rings. The smallest absolute Gasteiger partial charge is 0.243 e. The van der Waals surface area contributed by atoms with E-state index in [0.717, 1.165) is 29.4 Å². The lowest BCUT2D eigenvalue weighted by atomic mass is 10.1. The number of nitrogens with one attached hydrogen (secondary N) is 1. The Balaban J connectivity index is 1.47. The van der Waals surface area contributed by atoms with Gasteiger partial charge in [-0.2, -0.15) is 4.31 Å². The summed E-state index contributed by atoms with van der Waals surface area (Å²) in [4.78, 5) is 24.4.